The largest absolute Gasteiger partial charge is 0.394 e. The van der Waals surface area contributed by atoms with Crippen LogP contribution in [-0.4, -0.2) is 539 Å². The fraction of sp³-hybridized carbons (Fsp3) is 0.955. The SMILES string of the molecule is CC(=O)N[C@H]1[C@H](OC[C@H]2O[C@@H](O[C@H]3[C@H](O)[C@@H](NC(C)=O)[C@H](O[C@H]4[C@@H](O)[C@@H](CO)O[C@@H](O[C@H]5[C@H](O)[C@@H](O)[C@H](O)O[C@@H]5CO)[C@@H]4O)O[C@@H]3CO)[C@H](O)[C@@H](O[C@@H]3O[C@H](CO)[C@@H](O[C@@H]4O[C@H](CO)[C@H](O)[C@H](O[C@H]5O[C@H](CO)[C@H](O)[C@H](O)[C@H]5O)[C@H]4O)[C@H](O)[C@H]3NC(C)=O)[C@H]2O)O[C@H](CO)[C@@H](O[C@@H]2O[C@H](CO)[C@H](O)[C@H](O[C@H]3O[C@H](CO)[C@H](O)[C@H](O)[C@H]3O)[C@H]2O)[C@@H]1O. The predicted molar refractivity (Wildman–Crippen MR) is 364 cm³/mol. The molecular formula is C66H111N3O51. The van der Waals surface area contributed by atoms with Gasteiger partial charge in [0.05, 0.1) is 66.1 Å². The van der Waals surface area contributed by atoms with Crippen LogP contribution in [0.2, 0.25) is 0 Å². The molecule has 54 heteroatoms. The standard InChI is InChI=1S/C66H111N3O51/c1-14(79)67-27-36(88)49(113-63-46(98)54(33(85)20(7-73)106-63)119-61-43(95)39(91)30(82)17(4-70)104-61)23(10-76)109-58(27)102-13-26-35(87)56(118-60-29(69-16(3)81)37(89)50(24(11-77)111-60)114-64-47(99)55(34(86)21(8-74)107-64)120-62-44(96)40(92)31(83)18(5-71)105-62)48(100)66(112-26)115-51-25(12-78)110-59(28(38(51)90)68-15(2)80)117-53-32(84)19(6-72)108-65(45(53)97)116-52-22(9-75)103-57(101)42(94)41(52)93/h17-66,70-78,82-101H,4-13H2,1-3H3,(H,67,79)(H,68,80)(H,69,81)/t17-,18-,19-,20-,21-,22-,23-,24-,25-,26-,27-,28-,29-,30+,31+,32+,33+,34+,35+,36-,37-,38-,39+,40+,41-,42-,43-,44-,45-,46-,47-,48-,49-,50-,51-,52-,53+,54+,55+,56+,57-,58-,59+,60+,61-,62-,63+,64+,65+,66+/m1/s1. The predicted octanol–water partition coefficient (Wildman–Crippen LogP) is -22.4. The summed E-state index contributed by atoms with van der Waals surface area (Å²) in [5, 5.41) is 327. The van der Waals surface area contributed by atoms with Crippen LogP contribution in [0.15, 0.2) is 0 Å². The van der Waals surface area contributed by atoms with Crippen LogP contribution in [0.3, 0.4) is 0 Å². The third kappa shape index (κ3) is 21.2. The van der Waals surface area contributed by atoms with Gasteiger partial charge in [-0.2, -0.15) is 0 Å². The molecule has 696 valence electrons. The Bertz CT molecular complexity index is 3180. The quantitative estimate of drug-likeness (QED) is 0.0306. The molecule has 120 heavy (non-hydrogen) atoms. The van der Waals surface area contributed by atoms with Crippen LogP contribution in [0.5, 0.6) is 0 Å². The molecule has 10 aliphatic heterocycles. The van der Waals surface area contributed by atoms with Crippen LogP contribution in [0.4, 0.5) is 0 Å². The first kappa shape index (κ1) is 98.7. The van der Waals surface area contributed by atoms with E-state index in [2.05, 4.69) is 16.0 Å². The molecule has 0 bridgehead atoms. The zero-order valence-corrected chi connectivity index (χ0v) is 63.9. The monoisotopic (exact) mass is 1760 g/mol. The van der Waals surface area contributed by atoms with Gasteiger partial charge < -0.3 is 254 Å². The minimum atomic E-state index is -2.56. The van der Waals surface area contributed by atoms with Crippen molar-refractivity contribution in [3.05, 3.63) is 0 Å². The molecule has 10 heterocycles. The Kier molecular flexibility index (Phi) is 35.4. The van der Waals surface area contributed by atoms with E-state index in [1.54, 1.807) is 0 Å². The number of hydrogen-bond donors (Lipinski definition) is 32. The van der Waals surface area contributed by atoms with E-state index in [-0.39, 0.29) is 0 Å². The van der Waals surface area contributed by atoms with Gasteiger partial charge in [-0.25, -0.2) is 0 Å². The summed E-state index contributed by atoms with van der Waals surface area (Å²) in [5.74, 6) is -2.98. The molecular weight excluding hydrogens is 1650 g/mol. The number of aliphatic hydroxyl groups excluding tert-OH is 29. The molecule has 10 aliphatic rings. The molecule has 0 aromatic rings. The fourth-order valence-electron chi connectivity index (χ4n) is 15.6. The molecule has 0 aromatic heterocycles. The van der Waals surface area contributed by atoms with Crippen molar-refractivity contribution >= 4 is 17.7 Å². The van der Waals surface area contributed by atoms with Crippen molar-refractivity contribution in [3.63, 3.8) is 0 Å². The van der Waals surface area contributed by atoms with E-state index < -0.39 is 391 Å². The molecule has 0 saturated carbocycles. The van der Waals surface area contributed by atoms with Gasteiger partial charge in [0.1, 0.15) is 244 Å². The van der Waals surface area contributed by atoms with E-state index in [9.17, 15) is 162 Å². The Morgan fingerprint density at radius 1 is 0.217 bits per heavy atom. The lowest BCUT2D eigenvalue weighted by molar-refractivity contribution is -0.391. The maximum absolute atomic E-state index is 13.2. The van der Waals surface area contributed by atoms with Crippen LogP contribution in [0.25, 0.3) is 0 Å². The maximum atomic E-state index is 13.2. The minimum absolute atomic E-state index is 0.897. The van der Waals surface area contributed by atoms with Crippen molar-refractivity contribution in [1.29, 1.82) is 0 Å². The molecule has 0 radical (unpaired) electrons. The Hall–Kier alpha value is -3.51. The second-order valence-corrected chi connectivity index (χ2v) is 30.2. The van der Waals surface area contributed by atoms with Gasteiger partial charge in [0, 0.05) is 20.8 Å². The highest BCUT2D eigenvalue weighted by Crippen LogP contribution is 2.41. The van der Waals surface area contributed by atoms with E-state index in [0.717, 1.165) is 20.8 Å². The summed E-state index contributed by atoms with van der Waals surface area (Å²) < 4.78 is 111. The zero-order valence-electron chi connectivity index (χ0n) is 63.9. The number of rotatable bonds is 31. The average Bonchev–Trinajstić information content (AvgIpc) is 0.782. The van der Waals surface area contributed by atoms with E-state index in [4.69, 9.17) is 90.0 Å². The molecule has 0 aliphatic carbocycles. The topological polar surface area (TPSA) is 849 Å². The van der Waals surface area contributed by atoms with Crippen LogP contribution in [0, 0.1) is 0 Å². The van der Waals surface area contributed by atoms with Crippen molar-refractivity contribution in [1.82, 2.24) is 16.0 Å². The first-order valence-electron chi connectivity index (χ1n) is 38.2. The number of carbonyl (C=O) groups is 3. The third-order valence-corrected chi connectivity index (χ3v) is 22.1. The Morgan fingerprint density at radius 2 is 0.433 bits per heavy atom. The average molecular weight is 1760 g/mol. The van der Waals surface area contributed by atoms with Gasteiger partial charge in [-0.05, 0) is 0 Å². The van der Waals surface area contributed by atoms with Gasteiger partial charge in [0.25, 0.3) is 0 Å². The highest BCUT2D eigenvalue weighted by molar-refractivity contribution is 5.74. The lowest BCUT2D eigenvalue weighted by Crippen LogP contribution is -2.71. The summed E-state index contributed by atoms with van der Waals surface area (Å²) in [7, 11) is 0. The van der Waals surface area contributed by atoms with Gasteiger partial charge in [-0.1, -0.05) is 0 Å². The number of amides is 3. The second kappa shape index (κ2) is 43.1. The molecule has 10 saturated heterocycles. The van der Waals surface area contributed by atoms with Gasteiger partial charge in [-0.3, -0.25) is 14.4 Å². The summed E-state index contributed by atoms with van der Waals surface area (Å²) in [5.41, 5.74) is 0. The number of hydrogen-bond acceptors (Lipinski definition) is 51. The number of carbonyl (C=O) groups excluding carboxylic acids is 3. The highest BCUT2D eigenvalue weighted by atomic mass is 16.8. The lowest BCUT2D eigenvalue weighted by atomic mass is 9.93. The van der Waals surface area contributed by atoms with E-state index in [0.29, 0.717) is 0 Å². The first-order chi connectivity index (χ1) is 56.8. The Labute approximate surface area is 678 Å². The molecule has 50 atom stereocenters. The number of aliphatic hydroxyl groups is 29. The third-order valence-electron chi connectivity index (χ3n) is 22.1. The van der Waals surface area contributed by atoms with Crippen molar-refractivity contribution in [2.45, 2.75) is 328 Å². The van der Waals surface area contributed by atoms with Crippen LogP contribution in [-0.2, 0) is 104 Å². The van der Waals surface area contributed by atoms with E-state index in [1.165, 1.54) is 0 Å². The van der Waals surface area contributed by atoms with Crippen molar-refractivity contribution < 1.29 is 252 Å². The normalized spacial score (nSPS) is 50.4. The lowest BCUT2D eigenvalue weighted by Gasteiger charge is -2.51. The summed E-state index contributed by atoms with van der Waals surface area (Å²) in [4.78, 5) is 39.4. The summed E-state index contributed by atoms with van der Waals surface area (Å²) >= 11 is 0. The molecule has 10 fully saturated rings. The van der Waals surface area contributed by atoms with Gasteiger partial charge in [0.15, 0.2) is 62.9 Å². The van der Waals surface area contributed by atoms with E-state index in [1.807, 2.05) is 0 Å². The van der Waals surface area contributed by atoms with Crippen LogP contribution < -0.4 is 16.0 Å². The van der Waals surface area contributed by atoms with Gasteiger partial charge >= 0.3 is 0 Å². The summed E-state index contributed by atoms with van der Waals surface area (Å²) in [6.07, 6.45) is -97.7. The zero-order chi connectivity index (χ0) is 88.2. The number of ether oxygens (including phenoxy) is 19. The number of nitrogens with one attached hydrogen (secondary N) is 3. The molecule has 0 spiro atoms. The smallest absolute Gasteiger partial charge is 0.217 e. The molecule has 10 rings (SSSR count). The molecule has 0 aromatic carbocycles. The van der Waals surface area contributed by atoms with Gasteiger partial charge in [-0.15, -0.1) is 0 Å². The molecule has 3 amide bonds. The van der Waals surface area contributed by atoms with Gasteiger partial charge in [0.2, 0.25) is 17.7 Å². The minimum Gasteiger partial charge on any atom is -0.394 e. The van der Waals surface area contributed by atoms with Crippen molar-refractivity contribution in [2.24, 2.45) is 0 Å². The van der Waals surface area contributed by atoms with Crippen LogP contribution >= 0.6 is 0 Å². The molecule has 54 nitrogen and oxygen atoms in total. The maximum Gasteiger partial charge on any atom is 0.217 e. The first-order valence-corrected chi connectivity index (χ1v) is 38.2. The Morgan fingerprint density at radius 3 is 0.725 bits per heavy atom. The second-order valence-electron chi connectivity index (χ2n) is 30.2. The van der Waals surface area contributed by atoms with Crippen LogP contribution in [0.1, 0.15) is 20.8 Å². The molecule has 0 unspecified atom stereocenters. The van der Waals surface area contributed by atoms with E-state index >= 15 is 0 Å². The Balaban J connectivity index is 0.938. The van der Waals surface area contributed by atoms with Crippen molar-refractivity contribution in [3.8, 4) is 0 Å². The fourth-order valence-corrected chi connectivity index (χ4v) is 15.6. The highest BCUT2D eigenvalue weighted by Gasteiger charge is 2.62. The summed E-state index contributed by atoms with van der Waals surface area (Å²) in [6.45, 7) is -8.25. The molecule has 32 N–H and O–H groups in total. The summed E-state index contributed by atoms with van der Waals surface area (Å²) in [6, 6.07) is -6.02. The van der Waals surface area contributed by atoms with Crippen molar-refractivity contribution in [2.75, 3.05) is 66.1 Å².